The van der Waals surface area contributed by atoms with Crippen molar-refractivity contribution in [3.63, 3.8) is 0 Å². The molecule has 2 aromatic carbocycles. The van der Waals surface area contributed by atoms with E-state index in [1.807, 2.05) is 37.4 Å². The van der Waals surface area contributed by atoms with Gasteiger partial charge in [0.15, 0.2) is 17.4 Å². The third kappa shape index (κ3) is 6.81. The summed E-state index contributed by atoms with van der Waals surface area (Å²) in [5, 5.41) is 0. The molecule has 0 saturated carbocycles. The maximum atomic E-state index is 14.0. The minimum atomic E-state index is -4.51. The highest BCUT2D eigenvalue weighted by Gasteiger charge is 2.34. The van der Waals surface area contributed by atoms with Gasteiger partial charge in [0.1, 0.15) is 5.69 Å². The van der Waals surface area contributed by atoms with Crippen molar-refractivity contribution < 1.29 is 18.0 Å². The molecule has 0 spiro atoms. The van der Waals surface area contributed by atoms with Crippen molar-refractivity contribution in [1.29, 1.82) is 0 Å². The van der Waals surface area contributed by atoms with Gasteiger partial charge in [-0.2, -0.15) is 13.2 Å². The molecule has 10 heteroatoms. The van der Waals surface area contributed by atoms with Crippen molar-refractivity contribution in [3.8, 4) is 23.5 Å². The van der Waals surface area contributed by atoms with Crippen molar-refractivity contribution in [1.82, 2.24) is 29.3 Å². The Labute approximate surface area is 243 Å². The van der Waals surface area contributed by atoms with E-state index in [4.69, 9.17) is 0 Å². The van der Waals surface area contributed by atoms with Crippen LogP contribution in [0.2, 0.25) is 0 Å². The van der Waals surface area contributed by atoms with E-state index in [1.165, 1.54) is 6.07 Å². The molecular weight excluding hydrogens is 541 g/mol. The number of hydrogen-bond acceptors (Lipinski definition) is 5. The fourth-order valence-corrected chi connectivity index (χ4v) is 5.00. The number of alkyl halides is 3. The van der Waals surface area contributed by atoms with E-state index in [0.717, 1.165) is 43.5 Å². The number of aromatic amines is 1. The van der Waals surface area contributed by atoms with E-state index >= 15 is 0 Å². The smallest absolute Gasteiger partial charge is 0.340 e. The number of likely N-dealkylation sites (N-methyl/N-ethyl adjacent to an activating group) is 1. The summed E-state index contributed by atoms with van der Waals surface area (Å²) in [4.78, 5) is 29.4. The zero-order valence-corrected chi connectivity index (χ0v) is 24.1. The summed E-state index contributed by atoms with van der Waals surface area (Å²) >= 11 is 0. The van der Waals surface area contributed by atoms with Crippen molar-refractivity contribution in [2.75, 3.05) is 33.2 Å². The summed E-state index contributed by atoms with van der Waals surface area (Å²) in [6.45, 7) is 7.12. The van der Waals surface area contributed by atoms with Gasteiger partial charge in [-0.25, -0.2) is 9.97 Å². The largest absolute Gasteiger partial charge is 0.416 e. The average Bonchev–Trinajstić information content (AvgIpc) is 3.54. The van der Waals surface area contributed by atoms with E-state index in [-0.39, 0.29) is 24.3 Å². The number of aromatic nitrogens is 4. The van der Waals surface area contributed by atoms with Crippen molar-refractivity contribution in [2.24, 2.45) is 7.05 Å². The lowest BCUT2D eigenvalue weighted by Crippen LogP contribution is -2.44. The second kappa shape index (κ2) is 12.0. The predicted molar refractivity (Wildman–Crippen MR) is 155 cm³/mol. The lowest BCUT2D eigenvalue weighted by molar-refractivity contribution is -0.138. The number of H-pyrrole nitrogens is 1. The molecule has 7 nitrogen and oxygen atoms in total. The molecule has 42 heavy (non-hydrogen) atoms. The third-order valence-electron chi connectivity index (χ3n) is 7.51. The van der Waals surface area contributed by atoms with E-state index in [2.05, 4.69) is 31.7 Å². The number of nitrogens with one attached hydrogen (secondary N) is 1. The minimum absolute atomic E-state index is 0.139. The quantitative estimate of drug-likeness (QED) is 0.259. The molecule has 1 saturated heterocycles. The van der Waals surface area contributed by atoms with Crippen LogP contribution in [0.5, 0.6) is 0 Å². The van der Waals surface area contributed by atoms with Gasteiger partial charge in [-0.1, -0.05) is 30.2 Å². The molecule has 3 heterocycles. The number of ketones is 1. The Hall–Kier alpha value is -4.20. The molecule has 1 aliphatic heterocycles. The van der Waals surface area contributed by atoms with Gasteiger partial charge in [0.2, 0.25) is 0 Å². The number of nitrogens with zero attached hydrogens (tertiary/aromatic N) is 5. The molecule has 0 amide bonds. The Kier molecular flexibility index (Phi) is 8.34. The topological polar surface area (TPSA) is 70.1 Å². The molecule has 1 N–H and O–H groups in total. The number of halogens is 3. The molecule has 0 aliphatic carbocycles. The summed E-state index contributed by atoms with van der Waals surface area (Å²) < 4.78 is 43.9. The van der Waals surface area contributed by atoms with Crippen LogP contribution in [0.25, 0.3) is 11.6 Å². The zero-order valence-electron chi connectivity index (χ0n) is 24.1. The first kappa shape index (κ1) is 29.3. The second-order valence-corrected chi connectivity index (χ2v) is 10.9. The molecule has 0 atom stereocenters. The van der Waals surface area contributed by atoms with Crippen molar-refractivity contribution in [2.45, 2.75) is 33.0 Å². The normalized spacial score (nSPS) is 14.5. The Morgan fingerprint density at radius 2 is 1.79 bits per heavy atom. The number of hydrogen-bond donors (Lipinski definition) is 1. The molecule has 0 unspecified atom stereocenters. The molecule has 0 bridgehead atoms. The van der Waals surface area contributed by atoms with Crippen LogP contribution in [0.15, 0.2) is 48.8 Å². The summed E-state index contributed by atoms with van der Waals surface area (Å²) in [6.07, 6.45) is -1.11. The Balaban J connectivity index is 1.33. The first-order chi connectivity index (χ1) is 20.0. The van der Waals surface area contributed by atoms with Gasteiger partial charge < -0.3 is 14.5 Å². The fraction of sp³-hybridized carbons (Fsp3) is 0.344. The van der Waals surface area contributed by atoms with Gasteiger partial charge in [-0.15, -0.1) is 0 Å². The third-order valence-corrected chi connectivity index (χ3v) is 7.51. The van der Waals surface area contributed by atoms with Gasteiger partial charge in [-0.05, 0) is 55.6 Å². The lowest BCUT2D eigenvalue weighted by atomic mass is 9.96. The van der Waals surface area contributed by atoms with Gasteiger partial charge in [0, 0.05) is 75.4 Å². The van der Waals surface area contributed by atoms with E-state index < -0.39 is 11.7 Å². The molecule has 0 radical (unpaired) electrons. The molecule has 218 valence electrons. The summed E-state index contributed by atoms with van der Waals surface area (Å²) in [6, 6.07) is 9.45. The first-order valence-corrected chi connectivity index (χ1v) is 13.8. The number of rotatable bonds is 6. The number of carbonyl (C=O) groups excluding carboxylic acids is 1. The number of benzene rings is 2. The molecule has 2 aromatic heterocycles. The van der Waals surface area contributed by atoms with E-state index in [9.17, 15) is 18.0 Å². The molecule has 1 fully saturated rings. The maximum Gasteiger partial charge on any atom is 0.416 e. The van der Waals surface area contributed by atoms with Crippen molar-refractivity contribution in [3.05, 3.63) is 93.6 Å². The summed E-state index contributed by atoms with van der Waals surface area (Å²) in [5.74, 6) is 7.18. The van der Waals surface area contributed by atoms with Crippen LogP contribution in [-0.2, 0) is 26.2 Å². The minimum Gasteiger partial charge on any atom is -0.340 e. The monoisotopic (exact) mass is 574 g/mol. The number of piperazine rings is 1. The second-order valence-electron chi connectivity index (χ2n) is 10.9. The van der Waals surface area contributed by atoms with Gasteiger partial charge in [0.05, 0.1) is 5.56 Å². The zero-order chi connectivity index (χ0) is 30.0. The van der Waals surface area contributed by atoms with E-state index in [1.54, 1.807) is 36.7 Å². The molecule has 1 aliphatic rings. The molecule has 5 rings (SSSR count). The highest BCUT2D eigenvalue weighted by Crippen LogP contribution is 2.34. The summed E-state index contributed by atoms with van der Waals surface area (Å²) in [7, 11) is 3.87. The van der Waals surface area contributed by atoms with Gasteiger partial charge in [-0.3, -0.25) is 9.69 Å². The SMILES string of the molecule is Cc1cnc(-c2nc(C#Cc3cc(C(=O)Cc4ccc(CN5CCN(C)CC5)c(C(F)(F)F)c4)ccc3C)cn2C)[nH]1. The van der Waals surface area contributed by atoms with Crippen LogP contribution in [0.1, 0.15) is 49.6 Å². The average molecular weight is 575 g/mol. The highest BCUT2D eigenvalue weighted by atomic mass is 19.4. The van der Waals surface area contributed by atoms with Gasteiger partial charge in [0.25, 0.3) is 0 Å². The number of carbonyl (C=O) groups is 1. The predicted octanol–water partition coefficient (Wildman–Crippen LogP) is 5.02. The lowest BCUT2D eigenvalue weighted by Gasteiger charge is -2.33. The number of imidazole rings is 2. The van der Waals surface area contributed by atoms with Gasteiger partial charge >= 0.3 is 6.18 Å². The van der Waals surface area contributed by atoms with Crippen LogP contribution in [-0.4, -0.2) is 68.3 Å². The highest BCUT2D eigenvalue weighted by molar-refractivity contribution is 5.98. The standard InChI is InChI=1S/C32H33F3N6O/c1-21-5-7-25(17-24(21)9-10-27-20-40(4)31(38-27)30-36-18-22(2)37-30)29(42)16-23-6-8-26(28(15-23)32(33,34)35)19-41-13-11-39(3)12-14-41/h5-8,15,17-18,20H,11-14,16,19H2,1-4H3,(H,36,37). The number of Topliss-reactive ketones (excluding diaryl/α,β-unsaturated/α-hetero) is 1. The van der Waals surface area contributed by atoms with Crippen LogP contribution >= 0.6 is 0 Å². The Bertz CT molecular complexity index is 1670. The Morgan fingerprint density at radius 3 is 2.48 bits per heavy atom. The Morgan fingerprint density at radius 1 is 1.02 bits per heavy atom. The van der Waals surface area contributed by atoms with Crippen LogP contribution in [0.4, 0.5) is 13.2 Å². The fourth-order valence-electron chi connectivity index (χ4n) is 5.00. The summed E-state index contributed by atoms with van der Waals surface area (Å²) in [5.41, 5.74) is 3.29. The van der Waals surface area contributed by atoms with E-state index in [0.29, 0.717) is 34.0 Å². The number of aryl methyl sites for hydroxylation is 3. The van der Waals surface area contributed by atoms with Crippen molar-refractivity contribution >= 4 is 5.78 Å². The van der Waals surface area contributed by atoms with Crippen LogP contribution in [0, 0.1) is 25.7 Å². The molecule has 4 aromatic rings. The first-order valence-electron chi connectivity index (χ1n) is 13.8. The van der Waals surface area contributed by atoms with Crippen LogP contribution < -0.4 is 0 Å². The molecular formula is C32H33F3N6O. The maximum absolute atomic E-state index is 14.0. The van der Waals surface area contributed by atoms with Crippen LogP contribution in [0.3, 0.4) is 0 Å².